The Hall–Kier alpha value is -1.65. The molecule has 0 aliphatic rings. The van der Waals surface area contributed by atoms with E-state index in [9.17, 15) is 4.79 Å². The number of hydrogen-bond acceptors (Lipinski definition) is 3. The number of rotatable bonds is 9. The predicted molar refractivity (Wildman–Crippen MR) is 111 cm³/mol. The van der Waals surface area contributed by atoms with E-state index in [1.165, 1.54) is 0 Å². The van der Waals surface area contributed by atoms with Gasteiger partial charge in [-0.05, 0) is 49.1 Å². The molecule has 2 rings (SSSR count). The lowest BCUT2D eigenvalue weighted by Crippen LogP contribution is -2.39. The molecule has 0 saturated carbocycles. The van der Waals surface area contributed by atoms with Gasteiger partial charge in [-0.3, -0.25) is 4.79 Å². The molecule has 0 radical (unpaired) electrons. The van der Waals surface area contributed by atoms with Crippen molar-refractivity contribution in [3.63, 3.8) is 0 Å². The molecule has 1 N–H and O–H groups in total. The van der Waals surface area contributed by atoms with Crippen LogP contribution >= 0.6 is 23.4 Å². The number of carbonyl (C=O) groups excluding carboxylic acids is 1. The van der Waals surface area contributed by atoms with Crippen LogP contribution in [0.1, 0.15) is 30.0 Å². The zero-order valence-electron chi connectivity index (χ0n) is 15.5. The molecular formula is C21H26ClNO2S. The molecule has 0 heterocycles. The van der Waals surface area contributed by atoms with Crippen molar-refractivity contribution >= 4 is 29.3 Å². The number of ether oxygens (including phenoxy) is 1. The Morgan fingerprint density at radius 1 is 1.23 bits per heavy atom. The van der Waals surface area contributed by atoms with Gasteiger partial charge in [0.25, 0.3) is 5.91 Å². The zero-order valence-corrected chi connectivity index (χ0v) is 17.1. The minimum absolute atomic E-state index is 0.0632. The van der Waals surface area contributed by atoms with Crippen molar-refractivity contribution < 1.29 is 9.53 Å². The lowest BCUT2D eigenvalue weighted by molar-refractivity contribution is -0.128. The molecule has 26 heavy (non-hydrogen) atoms. The van der Waals surface area contributed by atoms with Crippen LogP contribution in [0.4, 0.5) is 0 Å². The second-order valence-electron chi connectivity index (χ2n) is 6.22. The Morgan fingerprint density at radius 2 is 2.00 bits per heavy atom. The van der Waals surface area contributed by atoms with Gasteiger partial charge in [0.2, 0.25) is 0 Å². The van der Waals surface area contributed by atoms with Crippen molar-refractivity contribution in [2.45, 2.75) is 39.0 Å². The number of nitrogens with one attached hydrogen (secondary N) is 1. The normalized spacial score (nSPS) is 11.8. The number of thioether (sulfide) groups is 1. The predicted octanol–water partition coefficient (Wildman–Crippen LogP) is 5.16. The summed E-state index contributed by atoms with van der Waals surface area (Å²) in [4.78, 5) is 12.4. The molecule has 0 spiro atoms. The van der Waals surface area contributed by atoms with Gasteiger partial charge in [0, 0.05) is 23.1 Å². The van der Waals surface area contributed by atoms with Crippen LogP contribution in [0.5, 0.6) is 5.75 Å². The van der Waals surface area contributed by atoms with E-state index in [-0.39, 0.29) is 5.91 Å². The number of benzene rings is 2. The van der Waals surface area contributed by atoms with Crippen molar-refractivity contribution in [1.29, 1.82) is 0 Å². The molecule has 0 bridgehead atoms. The van der Waals surface area contributed by atoms with E-state index in [4.69, 9.17) is 16.3 Å². The monoisotopic (exact) mass is 391 g/mol. The quantitative estimate of drug-likeness (QED) is 0.599. The molecule has 0 aliphatic carbocycles. The van der Waals surface area contributed by atoms with Gasteiger partial charge >= 0.3 is 0 Å². The first-order valence-corrected chi connectivity index (χ1v) is 10.4. The van der Waals surface area contributed by atoms with Crippen LogP contribution in [0.25, 0.3) is 0 Å². The van der Waals surface area contributed by atoms with Crippen molar-refractivity contribution in [2.24, 2.45) is 0 Å². The number of amides is 1. The molecule has 1 atom stereocenters. The minimum Gasteiger partial charge on any atom is -0.480 e. The van der Waals surface area contributed by atoms with Crippen LogP contribution in [0, 0.1) is 13.8 Å². The highest BCUT2D eigenvalue weighted by molar-refractivity contribution is 7.98. The molecule has 5 heteroatoms. The molecule has 0 saturated heterocycles. The third kappa shape index (κ3) is 6.26. The third-order valence-electron chi connectivity index (χ3n) is 4.04. The van der Waals surface area contributed by atoms with Gasteiger partial charge in [0.1, 0.15) is 5.75 Å². The van der Waals surface area contributed by atoms with Gasteiger partial charge in [-0.2, -0.15) is 11.8 Å². The Kier molecular flexibility index (Phi) is 8.33. The molecule has 2 aromatic rings. The fourth-order valence-corrected chi connectivity index (χ4v) is 3.61. The van der Waals surface area contributed by atoms with E-state index in [1.54, 1.807) is 11.8 Å². The van der Waals surface area contributed by atoms with E-state index in [0.717, 1.165) is 39.0 Å². The second kappa shape index (κ2) is 10.5. The maximum atomic E-state index is 12.4. The minimum atomic E-state index is -0.468. The molecule has 1 amide bonds. The van der Waals surface area contributed by atoms with Crippen LogP contribution in [-0.2, 0) is 10.5 Å². The molecule has 3 nitrogen and oxygen atoms in total. The summed E-state index contributed by atoms with van der Waals surface area (Å²) in [5.41, 5.74) is 3.28. The Morgan fingerprint density at radius 3 is 2.73 bits per heavy atom. The number of aryl methyl sites for hydroxylation is 2. The summed E-state index contributed by atoms with van der Waals surface area (Å²) in [7, 11) is 0. The third-order valence-corrected chi connectivity index (χ3v) is 5.41. The largest absolute Gasteiger partial charge is 0.480 e. The second-order valence-corrected chi connectivity index (χ2v) is 7.73. The SMILES string of the molecule is CC[C@@H](Oc1cc(C)ccc1C)C(=O)NCCSCc1ccccc1Cl. The number of hydrogen-bond donors (Lipinski definition) is 1. The highest BCUT2D eigenvalue weighted by Gasteiger charge is 2.18. The molecular weight excluding hydrogens is 366 g/mol. The van der Waals surface area contributed by atoms with Crippen LogP contribution in [0.3, 0.4) is 0 Å². The van der Waals surface area contributed by atoms with Gasteiger partial charge in [-0.1, -0.05) is 48.9 Å². The molecule has 0 unspecified atom stereocenters. The maximum absolute atomic E-state index is 12.4. The topological polar surface area (TPSA) is 38.3 Å². The summed E-state index contributed by atoms with van der Waals surface area (Å²) in [5.74, 6) is 2.38. The zero-order chi connectivity index (χ0) is 18.9. The molecule has 140 valence electrons. The fraction of sp³-hybridized carbons (Fsp3) is 0.381. The van der Waals surface area contributed by atoms with E-state index >= 15 is 0 Å². The maximum Gasteiger partial charge on any atom is 0.261 e. The van der Waals surface area contributed by atoms with E-state index < -0.39 is 6.10 Å². The number of carbonyl (C=O) groups is 1. The van der Waals surface area contributed by atoms with Crippen molar-refractivity contribution in [3.05, 3.63) is 64.2 Å². The summed E-state index contributed by atoms with van der Waals surface area (Å²) in [6.45, 7) is 6.58. The average Bonchev–Trinajstić information content (AvgIpc) is 2.63. The summed E-state index contributed by atoms with van der Waals surface area (Å²) in [6, 6.07) is 13.9. The average molecular weight is 392 g/mol. The highest BCUT2D eigenvalue weighted by atomic mass is 35.5. The van der Waals surface area contributed by atoms with Crippen molar-refractivity contribution in [3.8, 4) is 5.75 Å². The molecule has 0 fully saturated rings. The van der Waals surface area contributed by atoms with Gasteiger partial charge in [0.05, 0.1) is 0 Å². The summed E-state index contributed by atoms with van der Waals surface area (Å²) in [5, 5.41) is 3.76. The van der Waals surface area contributed by atoms with Gasteiger partial charge in [-0.15, -0.1) is 0 Å². The van der Waals surface area contributed by atoms with Crippen LogP contribution in [0.2, 0.25) is 5.02 Å². The first-order valence-electron chi connectivity index (χ1n) is 8.84. The van der Waals surface area contributed by atoms with Gasteiger partial charge in [0.15, 0.2) is 6.10 Å². The molecule has 0 aromatic heterocycles. The molecule has 0 aliphatic heterocycles. The first kappa shape index (κ1) is 20.7. The summed E-state index contributed by atoms with van der Waals surface area (Å²) in [6.07, 6.45) is 0.162. The number of halogens is 1. The highest BCUT2D eigenvalue weighted by Crippen LogP contribution is 2.22. The van der Waals surface area contributed by atoms with E-state index in [2.05, 4.69) is 5.32 Å². The van der Waals surface area contributed by atoms with Gasteiger partial charge in [-0.25, -0.2) is 0 Å². The van der Waals surface area contributed by atoms with E-state index in [0.29, 0.717) is 13.0 Å². The fourth-order valence-electron chi connectivity index (χ4n) is 2.47. The van der Waals surface area contributed by atoms with Crippen LogP contribution in [0.15, 0.2) is 42.5 Å². The summed E-state index contributed by atoms with van der Waals surface area (Å²) < 4.78 is 5.94. The van der Waals surface area contributed by atoms with Crippen molar-refractivity contribution in [2.75, 3.05) is 12.3 Å². The van der Waals surface area contributed by atoms with Crippen LogP contribution in [-0.4, -0.2) is 24.3 Å². The van der Waals surface area contributed by atoms with Crippen LogP contribution < -0.4 is 10.1 Å². The summed E-state index contributed by atoms with van der Waals surface area (Å²) >= 11 is 7.90. The van der Waals surface area contributed by atoms with Gasteiger partial charge < -0.3 is 10.1 Å². The van der Waals surface area contributed by atoms with E-state index in [1.807, 2.05) is 63.2 Å². The van der Waals surface area contributed by atoms with Crippen molar-refractivity contribution in [1.82, 2.24) is 5.32 Å². The Labute approximate surface area is 165 Å². The Balaban J connectivity index is 1.76. The smallest absolute Gasteiger partial charge is 0.261 e. The standard InChI is InChI=1S/C21H26ClNO2S/c1-4-19(25-20-13-15(2)9-10-16(20)3)21(24)23-11-12-26-14-17-7-5-6-8-18(17)22/h5-10,13,19H,4,11-12,14H2,1-3H3,(H,23,24)/t19-/m1/s1. The lowest BCUT2D eigenvalue weighted by Gasteiger charge is -2.19. The lowest BCUT2D eigenvalue weighted by atomic mass is 10.1. The Bertz CT molecular complexity index is 736. The molecule has 2 aromatic carbocycles. The first-order chi connectivity index (χ1) is 12.5.